The lowest BCUT2D eigenvalue weighted by molar-refractivity contribution is 0.0951. The van der Waals surface area contributed by atoms with Crippen molar-refractivity contribution in [2.75, 3.05) is 74.1 Å². The Morgan fingerprint density at radius 3 is 2.48 bits per heavy atom. The van der Waals surface area contributed by atoms with Gasteiger partial charge in [-0.05, 0) is 52.2 Å². The smallest absolute Gasteiger partial charge is 0.251 e. The molecule has 1 rings (SSSR count). The molecule has 178 valence electrons. The summed E-state index contributed by atoms with van der Waals surface area (Å²) in [5.74, 6) is 0.729. The number of likely N-dealkylation sites (N-methyl/N-ethyl adjacent to an activating group) is 2. The predicted octanol–water partition coefficient (Wildman–Crippen LogP) is 1.62. The van der Waals surface area contributed by atoms with E-state index in [1.54, 1.807) is 7.11 Å². The van der Waals surface area contributed by atoms with Crippen molar-refractivity contribution in [2.45, 2.75) is 19.9 Å². The van der Waals surface area contributed by atoms with Gasteiger partial charge in [-0.3, -0.25) is 4.79 Å². The molecule has 0 aliphatic rings. The summed E-state index contributed by atoms with van der Waals surface area (Å²) < 4.78 is 5.09. The average molecular weight is 549 g/mol. The van der Waals surface area contributed by atoms with Gasteiger partial charge in [0.25, 0.3) is 5.91 Å². The molecule has 0 aliphatic heterocycles. The van der Waals surface area contributed by atoms with Crippen LogP contribution in [0.3, 0.4) is 0 Å². The highest BCUT2D eigenvalue weighted by Gasteiger charge is 2.06. The fourth-order valence-corrected chi connectivity index (χ4v) is 2.77. The van der Waals surface area contributed by atoms with E-state index in [1.165, 1.54) is 0 Å². The number of rotatable bonds is 14. The first-order valence-corrected chi connectivity index (χ1v) is 10.7. The van der Waals surface area contributed by atoms with Crippen LogP contribution in [0.4, 0.5) is 0 Å². The zero-order chi connectivity index (χ0) is 22.2. The van der Waals surface area contributed by atoms with Gasteiger partial charge < -0.3 is 30.5 Å². The minimum atomic E-state index is -0.0516. The van der Waals surface area contributed by atoms with Crippen LogP contribution in [-0.2, 0) is 11.3 Å². The summed E-state index contributed by atoms with van der Waals surface area (Å²) in [6.07, 6.45) is 1.03. The number of amides is 1. The molecule has 0 saturated carbocycles. The molecule has 0 spiro atoms. The van der Waals surface area contributed by atoms with Crippen LogP contribution in [0.1, 0.15) is 29.3 Å². The fourth-order valence-electron chi connectivity index (χ4n) is 2.77. The molecular formula is C22H41IN6O2. The molecule has 1 aromatic rings. The monoisotopic (exact) mass is 548 g/mol. The number of aliphatic imine (C=N–C) groups is 1. The number of nitrogens with zero attached hydrogens (tertiary/aromatic N) is 3. The summed E-state index contributed by atoms with van der Waals surface area (Å²) in [6, 6.07) is 7.64. The van der Waals surface area contributed by atoms with Gasteiger partial charge in [-0.1, -0.05) is 12.1 Å². The van der Waals surface area contributed by atoms with Gasteiger partial charge in [0.1, 0.15) is 0 Å². The molecule has 0 atom stereocenters. The molecule has 31 heavy (non-hydrogen) atoms. The minimum Gasteiger partial charge on any atom is -0.385 e. The standard InChI is InChI=1S/C22H40N6O2.HI/c1-6-23-22(25-12-15-28(4)13-8-16-30-5)26-18-19-9-7-10-20(17-19)21(29)24-11-14-27(2)3;/h7,9-10,17H,6,8,11-16,18H2,1-5H3,(H,24,29)(H2,23,25,26);1H. The van der Waals surface area contributed by atoms with E-state index in [-0.39, 0.29) is 29.9 Å². The number of hydrogen-bond donors (Lipinski definition) is 3. The Morgan fingerprint density at radius 1 is 1.06 bits per heavy atom. The van der Waals surface area contributed by atoms with Crippen molar-refractivity contribution in [1.29, 1.82) is 0 Å². The van der Waals surface area contributed by atoms with Crippen molar-refractivity contribution in [2.24, 2.45) is 4.99 Å². The third-order valence-electron chi connectivity index (χ3n) is 4.47. The molecule has 0 unspecified atom stereocenters. The molecule has 0 aliphatic carbocycles. The molecule has 0 radical (unpaired) electrons. The quantitative estimate of drug-likeness (QED) is 0.142. The third kappa shape index (κ3) is 14.3. The summed E-state index contributed by atoms with van der Waals surface area (Å²) >= 11 is 0. The number of nitrogens with one attached hydrogen (secondary N) is 3. The Balaban J connectivity index is 0.00000900. The summed E-state index contributed by atoms with van der Waals surface area (Å²) in [5, 5.41) is 9.59. The van der Waals surface area contributed by atoms with E-state index >= 15 is 0 Å². The van der Waals surface area contributed by atoms with Crippen molar-refractivity contribution in [3.05, 3.63) is 35.4 Å². The van der Waals surface area contributed by atoms with Gasteiger partial charge in [-0.15, -0.1) is 24.0 Å². The Kier molecular flexibility index (Phi) is 17.3. The molecule has 0 bridgehead atoms. The van der Waals surface area contributed by atoms with Crippen molar-refractivity contribution in [3.63, 3.8) is 0 Å². The predicted molar refractivity (Wildman–Crippen MR) is 140 cm³/mol. The second-order valence-electron chi connectivity index (χ2n) is 7.53. The Morgan fingerprint density at radius 2 is 1.81 bits per heavy atom. The number of halogens is 1. The van der Waals surface area contributed by atoms with Crippen molar-refractivity contribution in [1.82, 2.24) is 25.8 Å². The van der Waals surface area contributed by atoms with Gasteiger partial charge in [-0.2, -0.15) is 0 Å². The second kappa shape index (κ2) is 18.2. The second-order valence-corrected chi connectivity index (χ2v) is 7.53. The van der Waals surface area contributed by atoms with Crippen LogP contribution in [0.25, 0.3) is 0 Å². The Labute approximate surface area is 205 Å². The third-order valence-corrected chi connectivity index (χ3v) is 4.47. The molecule has 1 amide bonds. The van der Waals surface area contributed by atoms with E-state index in [2.05, 4.69) is 32.9 Å². The number of benzene rings is 1. The maximum absolute atomic E-state index is 12.3. The number of carbonyl (C=O) groups excluding carboxylic acids is 1. The van der Waals surface area contributed by atoms with Crippen LogP contribution in [0.5, 0.6) is 0 Å². The van der Waals surface area contributed by atoms with Gasteiger partial charge in [-0.25, -0.2) is 4.99 Å². The lowest BCUT2D eigenvalue weighted by atomic mass is 10.1. The first-order valence-electron chi connectivity index (χ1n) is 10.7. The molecule has 1 aromatic carbocycles. The molecule has 0 fully saturated rings. The van der Waals surface area contributed by atoms with E-state index in [0.29, 0.717) is 18.7 Å². The topological polar surface area (TPSA) is 81.2 Å². The summed E-state index contributed by atoms with van der Waals surface area (Å²) in [7, 11) is 7.81. The van der Waals surface area contributed by atoms with Crippen molar-refractivity contribution in [3.8, 4) is 0 Å². The molecule has 0 aromatic heterocycles. The van der Waals surface area contributed by atoms with E-state index in [4.69, 9.17) is 4.74 Å². The first kappa shape index (κ1) is 29.6. The molecule has 0 saturated heterocycles. The number of ether oxygens (including phenoxy) is 1. The van der Waals surface area contributed by atoms with Crippen LogP contribution in [0.2, 0.25) is 0 Å². The van der Waals surface area contributed by atoms with Crippen LogP contribution in [-0.4, -0.2) is 95.8 Å². The zero-order valence-corrected chi connectivity index (χ0v) is 22.1. The maximum atomic E-state index is 12.3. The summed E-state index contributed by atoms with van der Waals surface area (Å²) in [6.45, 7) is 8.33. The lowest BCUT2D eigenvalue weighted by Gasteiger charge is -2.18. The molecule has 0 heterocycles. The van der Waals surface area contributed by atoms with Crippen LogP contribution in [0.15, 0.2) is 29.3 Å². The summed E-state index contributed by atoms with van der Waals surface area (Å²) in [4.78, 5) is 21.3. The van der Waals surface area contributed by atoms with Crippen LogP contribution < -0.4 is 16.0 Å². The number of methoxy groups -OCH3 is 1. The highest BCUT2D eigenvalue weighted by Crippen LogP contribution is 2.07. The highest BCUT2D eigenvalue weighted by molar-refractivity contribution is 14.0. The molecule has 8 nitrogen and oxygen atoms in total. The maximum Gasteiger partial charge on any atom is 0.251 e. The zero-order valence-electron chi connectivity index (χ0n) is 19.7. The van der Waals surface area contributed by atoms with Crippen LogP contribution in [0, 0.1) is 0 Å². The van der Waals surface area contributed by atoms with E-state index < -0.39 is 0 Å². The lowest BCUT2D eigenvalue weighted by Crippen LogP contribution is -2.41. The fraction of sp³-hybridized carbons (Fsp3) is 0.636. The average Bonchev–Trinajstić information content (AvgIpc) is 2.72. The van der Waals surface area contributed by atoms with E-state index in [0.717, 1.165) is 57.3 Å². The number of hydrogen-bond acceptors (Lipinski definition) is 5. The minimum absolute atomic E-state index is 0. The largest absolute Gasteiger partial charge is 0.385 e. The molecular weight excluding hydrogens is 507 g/mol. The van der Waals surface area contributed by atoms with E-state index in [1.807, 2.05) is 50.2 Å². The molecule has 9 heteroatoms. The van der Waals surface area contributed by atoms with Crippen LogP contribution >= 0.6 is 24.0 Å². The van der Waals surface area contributed by atoms with Gasteiger partial charge in [0.15, 0.2) is 5.96 Å². The van der Waals surface area contributed by atoms with Gasteiger partial charge in [0.2, 0.25) is 0 Å². The van der Waals surface area contributed by atoms with Crippen molar-refractivity contribution < 1.29 is 9.53 Å². The normalized spacial score (nSPS) is 11.4. The molecule has 3 N–H and O–H groups in total. The highest BCUT2D eigenvalue weighted by atomic mass is 127. The Hall–Kier alpha value is -1.43. The SMILES string of the molecule is CCNC(=NCc1cccc(C(=O)NCCN(C)C)c1)NCCN(C)CCCOC.I. The van der Waals surface area contributed by atoms with Gasteiger partial charge in [0, 0.05) is 58.5 Å². The van der Waals surface area contributed by atoms with Gasteiger partial charge in [0.05, 0.1) is 6.54 Å². The Bertz CT molecular complexity index is 642. The van der Waals surface area contributed by atoms with Gasteiger partial charge >= 0.3 is 0 Å². The number of carbonyl (C=O) groups is 1. The van der Waals surface area contributed by atoms with Crippen molar-refractivity contribution >= 4 is 35.8 Å². The number of guanidine groups is 1. The summed E-state index contributed by atoms with van der Waals surface area (Å²) in [5.41, 5.74) is 1.67. The van der Waals surface area contributed by atoms with E-state index in [9.17, 15) is 4.79 Å². The first-order chi connectivity index (χ1) is 14.5.